The van der Waals surface area contributed by atoms with Gasteiger partial charge in [0.2, 0.25) is 5.88 Å². The minimum absolute atomic E-state index is 0.000776. The summed E-state index contributed by atoms with van der Waals surface area (Å²) in [7, 11) is 0. The van der Waals surface area contributed by atoms with Crippen LogP contribution < -0.4 is 20.1 Å². The molecule has 0 bridgehead atoms. The summed E-state index contributed by atoms with van der Waals surface area (Å²) in [6.45, 7) is 0. The number of aromatic nitrogens is 2. The fraction of sp³-hybridized carbons (Fsp3) is 0.194. The van der Waals surface area contributed by atoms with Gasteiger partial charge in [-0.2, -0.15) is 0 Å². The van der Waals surface area contributed by atoms with Gasteiger partial charge in [0.25, 0.3) is 11.8 Å². The number of hydrogen-bond acceptors (Lipinski definition) is 7. The molecule has 10 nitrogen and oxygen atoms in total. The standard InChI is InChI=1S/C31H28N4O6/c36-29(20-4-3-17-32-18-20)34-22-8-10-23(11-9-22)40-24-12-14-25(15-13-24)41-28-16-7-21(19-33-28)30(37)35-27-6-2-1-5-26(27)31(38)39/h1-7,12-19,22-23H,8-11H2,(H,34,36)(H,35,37)(H,38,39). The summed E-state index contributed by atoms with van der Waals surface area (Å²) in [6.07, 6.45) is 7.98. The molecule has 0 unspecified atom stereocenters. The zero-order valence-corrected chi connectivity index (χ0v) is 22.0. The molecule has 2 aromatic carbocycles. The van der Waals surface area contributed by atoms with Crippen LogP contribution in [0.1, 0.15) is 56.8 Å². The number of anilines is 1. The highest BCUT2D eigenvalue weighted by atomic mass is 16.5. The third kappa shape index (κ3) is 7.24. The second-order valence-electron chi connectivity index (χ2n) is 9.57. The fourth-order valence-corrected chi connectivity index (χ4v) is 4.54. The van der Waals surface area contributed by atoms with E-state index in [9.17, 15) is 19.5 Å². The van der Waals surface area contributed by atoms with Gasteiger partial charge in [0.15, 0.2) is 0 Å². The Morgan fingerprint density at radius 2 is 1.51 bits per heavy atom. The predicted octanol–water partition coefficient (Wildman–Crippen LogP) is 5.34. The number of amides is 2. The molecule has 4 aromatic rings. The summed E-state index contributed by atoms with van der Waals surface area (Å²) in [4.78, 5) is 44.5. The number of nitrogens with one attached hydrogen (secondary N) is 2. The third-order valence-electron chi connectivity index (χ3n) is 6.69. The highest BCUT2D eigenvalue weighted by Gasteiger charge is 2.24. The summed E-state index contributed by atoms with van der Waals surface area (Å²) < 4.78 is 11.9. The second-order valence-corrected chi connectivity index (χ2v) is 9.57. The van der Waals surface area contributed by atoms with Gasteiger partial charge in [0, 0.05) is 30.7 Å². The molecule has 0 spiro atoms. The summed E-state index contributed by atoms with van der Waals surface area (Å²) in [5.41, 5.74) is 1.02. The second kappa shape index (κ2) is 12.7. The first kappa shape index (κ1) is 27.3. The van der Waals surface area contributed by atoms with E-state index in [1.54, 1.807) is 60.9 Å². The Morgan fingerprint density at radius 1 is 0.780 bits per heavy atom. The van der Waals surface area contributed by atoms with Crippen LogP contribution in [-0.4, -0.2) is 45.0 Å². The van der Waals surface area contributed by atoms with Crippen LogP contribution in [0.25, 0.3) is 0 Å². The van der Waals surface area contributed by atoms with E-state index in [-0.39, 0.29) is 34.9 Å². The van der Waals surface area contributed by atoms with Gasteiger partial charge in [-0.05, 0) is 80.3 Å². The Labute approximate surface area is 236 Å². The lowest BCUT2D eigenvalue weighted by atomic mass is 9.92. The van der Waals surface area contributed by atoms with Crippen molar-refractivity contribution < 1.29 is 29.0 Å². The summed E-state index contributed by atoms with van der Waals surface area (Å²) in [5.74, 6) is -0.140. The molecule has 10 heteroatoms. The molecule has 1 fully saturated rings. The highest BCUT2D eigenvalue weighted by Crippen LogP contribution is 2.27. The Hall–Kier alpha value is -5.25. The number of para-hydroxylation sites is 1. The Kier molecular flexibility index (Phi) is 8.49. The molecule has 1 saturated carbocycles. The number of carboxylic acid groups (broad SMARTS) is 1. The molecule has 208 valence electrons. The molecular weight excluding hydrogens is 524 g/mol. The van der Waals surface area contributed by atoms with Crippen LogP contribution in [-0.2, 0) is 0 Å². The maximum absolute atomic E-state index is 12.6. The van der Waals surface area contributed by atoms with Gasteiger partial charge in [-0.25, -0.2) is 9.78 Å². The van der Waals surface area contributed by atoms with Crippen molar-refractivity contribution in [1.82, 2.24) is 15.3 Å². The van der Waals surface area contributed by atoms with Gasteiger partial charge in [-0.15, -0.1) is 0 Å². The minimum atomic E-state index is -1.13. The first-order chi connectivity index (χ1) is 19.9. The van der Waals surface area contributed by atoms with Gasteiger partial charge in [0.05, 0.1) is 28.5 Å². The number of pyridine rings is 2. The van der Waals surface area contributed by atoms with Crippen molar-refractivity contribution in [2.24, 2.45) is 0 Å². The fourth-order valence-electron chi connectivity index (χ4n) is 4.54. The van der Waals surface area contributed by atoms with Crippen LogP contribution in [0.4, 0.5) is 5.69 Å². The van der Waals surface area contributed by atoms with Crippen molar-refractivity contribution in [3.63, 3.8) is 0 Å². The van der Waals surface area contributed by atoms with Crippen molar-refractivity contribution >= 4 is 23.5 Å². The van der Waals surface area contributed by atoms with E-state index >= 15 is 0 Å². The maximum Gasteiger partial charge on any atom is 0.337 e. The zero-order chi connectivity index (χ0) is 28.6. The lowest BCUT2D eigenvalue weighted by Gasteiger charge is -2.29. The van der Waals surface area contributed by atoms with Gasteiger partial charge in [-0.3, -0.25) is 14.6 Å². The lowest BCUT2D eigenvalue weighted by Crippen LogP contribution is -2.39. The van der Waals surface area contributed by atoms with Crippen molar-refractivity contribution in [2.75, 3.05) is 5.32 Å². The Morgan fingerprint density at radius 3 is 2.20 bits per heavy atom. The number of nitrogens with zero attached hydrogens (tertiary/aromatic N) is 2. The summed E-state index contributed by atoms with van der Waals surface area (Å²) >= 11 is 0. The van der Waals surface area contributed by atoms with E-state index in [1.807, 2.05) is 12.1 Å². The summed E-state index contributed by atoms with van der Waals surface area (Å²) in [5, 5.41) is 15.0. The smallest absolute Gasteiger partial charge is 0.337 e. The average Bonchev–Trinajstić information content (AvgIpc) is 3.00. The molecule has 5 rings (SSSR count). The number of carboxylic acids is 1. The third-order valence-corrected chi connectivity index (χ3v) is 6.69. The van der Waals surface area contributed by atoms with Crippen LogP contribution in [0, 0.1) is 0 Å². The molecular formula is C31H28N4O6. The average molecular weight is 553 g/mol. The summed E-state index contributed by atoms with van der Waals surface area (Å²) in [6, 6.07) is 20.1. The molecule has 0 atom stereocenters. The molecule has 2 amide bonds. The molecule has 0 radical (unpaired) electrons. The monoisotopic (exact) mass is 552 g/mol. The molecule has 41 heavy (non-hydrogen) atoms. The van der Waals surface area contributed by atoms with Gasteiger partial charge >= 0.3 is 5.97 Å². The normalized spacial score (nSPS) is 16.3. The minimum Gasteiger partial charge on any atom is -0.490 e. The van der Waals surface area contributed by atoms with Gasteiger partial charge < -0.3 is 25.2 Å². The molecule has 2 heterocycles. The van der Waals surface area contributed by atoms with Crippen molar-refractivity contribution in [2.45, 2.75) is 37.8 Å². The first-order valence-electron chi connectivity index (χ1n) is 13.2. The SMILES string of the molecule is O=C(Nc1ccccc1C(=O)O)c1ccc(Oc2ccc(OC3CCC(NC(=O)c4cccnc4)CC3)cc2)nc1. The molecule has 1 aliphatic carbocycles. The lowest BCUT2D eigenvalue weighted by molar-refractivity contribution is 0.0697. The number of carbonyl (C=O) groups excluding carboxylic acids is 2. The van der Waals surface area contributed by atoms with Crippen molar-refractivity contribution in [3.8, 4) is 17.4 Å². The largest absolute Gasteiger partial charge is 0.490 e. The molecule has 0 saturated heterocycles. The van der Waals surface area contributed by atoms with E-state index in [0.29, 0.717) is 17.2 Å². The van der Waals surface area contributed by atoms with Crippen LogP contribution in [0.3, 0.4) is 0 Å². The van der Waals surface area contributed by atoms with Crippen LogP contribution >= 0.6 is 0 Å². The topological polar surface area (TPSA) is 140 Å². The first-order valence-corrected chi connectivity index (χ1v) is 13.2. The van der Waals surface area contributed by atoms with Gasteiger partial charge in [-0.1, -0.05) is 12.1 Å². The number of ether oxygens (including phenoxy) is 2. The van der Waals surface area contributed by atoms with Crippen molar-refractivity contribution in [3.05, 3.63) is 108 Å². The number of benzene rings is 2. The number of hydrogen-bond donors (Lipinski definition) is 3. The van der Waals surface area contributed by atoms with Crippen LogP contribution in [0.2, 0.25) is 0 Å². The quantitative estimate of drug-likeness (QED) is 0.253. The molecule has 3 N–H and O–H groups in total. The Bertz CT molecular complexity index is 1500. The van der Waals surface area contributed by atoms with E-state index in [0.717, 1.165) is 31.4 Å². The maximum atomic E-state index is 12.6. The van der Waals surface area contributed by atoms with E-state index < -0.39 is 11.9 Å². The van der Waals surface area contributed by atoms with Crippen LogP contribution in [0.15, 0.2) is 91.4 Å². The predicted molar refractivity (Wildman–Crippen MR) is 150 cm³/mol. The number of carbonyl (C=O) groups is 3. The highest BCUT2D eigenvalue weighted by molar-refractivity contribution is 6.07. The Balaban J connectivity index is 1.09. The van der Waals surface area contributed by atoms with E-state index in [1.165, 1.54) is 18.3 Å². The van der Waals surface area contributed by atoms with Gasteiger partial charge in [0.1, 0.15) is 11.5 Å². The van der Waals surface area contributed by atoms with E-state index in [2.05, 4.69) is 20.6 Å². The number of aromatic carboxylic acids is 1. The molecule has 2 aromatic heterocycles. The zero-order valence-electron chi connectivity index (χ0n) is 22.0. The molecule has 1 aliphatic rings. The number of rotatable bonds is 9. The van der Waals surface area contributed by atoms with E-state index in [4.69, 9.17) is 9.47 Å². The van der Waals surface area contributed by atoms with Crippen LogP contribution in [0.5, 0.6) is 17.4 Å². The molecule has 0 aliphatic heterocycles. The van der Waals surface area contributed by atoms with Crippen molar-refractivity contribution in [1.29, 1.82) is 0 Å².